The molecule has 0 unspecified atom stereocenters. The summed E-state index contributed by atoms with van der Waals surface area (Å²) in [6.07, 6.45) is 1.76. The van der Waals surface area contributed by atoms with Gasteiger partial charge in [-0.2, -0.15) is 0 Å². The maximum atomic E-state index is 12.1. The number of nitrogens with zero attached hydrogens (tertiary/aromatic N) is 1. The fourth-order valence-corrected chi connectivity index (χ4v) is 4.38. The molecule has 0 aliphatic carbocycles. The Bertz CT molecular complexity index is 1410. The van der Waals surface area contributed by atoms with Crippen LogP contribution in [-0.4, -0.2) is 35.8 Å². The molecule has 0 radical (unpaired) electrons. The zero-order chi connectivity index (χ0) is 21.8. The van der Waals surface area contributed by atoms with Crippen molar-refractivity contribution in [2.75, 3.05) is 20.2 Å². The number of aromatic nitrogens is 1. The van der Waals surface area contributed by atoms with Crippen LogP contribution >= 0.6 is 0 Å². The highest BCUT2D eigenvalue weighted by Crippen LogP contribution is 2.49. The highest BCUT2D eigenvalue weighted by Gasteiger charge is 2.25. The third-order valence-electron chi connectivity index (χ3n) is 5.74. The number of aromatic hydroxyl groups is 1. The van der Waals surface area contributed by atoms with Crippen molar-refractivity contribution in [3.8, 4) is 40.0 Å². The highest BCUT2D eigenvalue weighted by molar-refractivity contribution is 6.17. The van der Waals surface area contributed by atoms with E-state index in [1.807, 2.05) is 36.4 Å². The highest BCUT2D eigenvalue weighted by atomic mass is 16.7. The largest absolute Gasteiger partial charge is 0.494 e. The normalized spacial score (nSPS) is 13.8. The van der Waals surface area contributed by atoms with E-state index >= 15 is 0 Å². The molecule has 162 valence electrons. The van der Waals surface area contributed by atoms with Crippen LogP contribution in [0.25, 0.3) is 32.7 Å². The standard InChI is InChI=1S/C24H19NO7/c1-2-28-20(26)10-25-9-16-15(24(25)27)7-13-4-6-18-23(32-12-30-18)22(13)21(16)14-3-5-17-19(8-14)31-11-29-17/h3-9,27H,2,10-12H2,1H3. The Labute approximate surface area is 182 Å². The van der Waals surface area contributed by atoms with Crippen LogP contribution in [0.3, 0.4) is 0 Å². The summed E-state index contributed by atoms with van der Waals surface area (Å²) in [4.78, 5) is 12.1. The summed E-state index contributed by atoms with van der Waals surface area (Å²) in [6, 6.07) is 11.4. The van der Waals surface area contributed by atoms with Crippen molar-refractivity contribution >= 4 is 27.5 Å². The molecule has 32 heavy (non-hydrogen) atoms. The van der Waals surface area contributed by atoms with Crippen LogP contribution in [-0.2, 0) is 16.1 Å². The Kier molecular flexibility index (Phi) is 4.07. The lowest BCUT2D eigenvalue weighted by atomic mass is 9.93. The minimum absolute atomic E-state index is 0.00499. The van der Waals surface area contributed by atoms with Crippen molar-refractivity contribution in [1.82, 2.24) is 4.57 Å². The molecule has 1 aromatic heterocycles. The third kappa shape index (κ3) is 2.72. The average Bonchev–Trinajstić information content (AvgIpc) is 3.51. The molecule has 8 heteroatoms. The molecular weight excluding hydrogens is 414 g/mol. The van der Waals surface area contributed by atoms with Crippen molar-refractivity contribution in [1.29, 1.82) is 0 Å². The average molecular weight is 433 g/mol. The van der Waals surface area contributed by atoms with E-state index in [1.165, 1.54) is 4.57 Å². The molecule has 4 aromatic rings. The van der Waals surface area contributed by atoms with Crippen LogP contribution in [0.4, 0.5) is 0 Å². The Morgan fingerprint density at radius 3 is 2.66 bits per heavy atom. The van der Waals surface area contributed by atoms with Gasteiger partial charge in [-0.25, -0.2) is 0 Å². The molecule has 6 rings (SSSR count). The molecule has 0 spiro atoms. The van der Waals surface area contributed by atoms with Crippen LogP contribution in [0.2, 0.25) is 0 Å². The Morgan fingerprint density at radius 1 is 1.00 bits per heavy atom. The van der Waals surface area contributed by atoms with Crippen LogP contribution in [0, 0.1) is 0 Å². The molecule has 0 bridgehead atoms. The van der Waals surface area contributed by atoms with E-state index in [1.54, 1.807) is 13.1 Å². The summed E-state index contributed by atoms with van der Waals surface area (Å²) >= 11 is 0. The van der Waals surface area contributed by atoms with Gasteiger partial charge in [0.25, 0.3) is 0 Å². The zero-order valence-electron chi connectivity index (χ0n) is 17.2. The van der Waals surface area contributed by atoms with E-state index in [-0.39, 0.29) is 32.6 Å². The summed E-state index contributed by atoms with van der Waals surface area (Å²) < 4.78 is 29.1. The molecule has 3 heterocycles. The van der Waals surface area contributed by atoms with E-state index < -0.39 is 5.97 Å². The van der Waals surface area contributed by atoms with E-state index in [0.717, 1.165) is 27.3 Å². The van der Waals surface area contributed by atoms with Crippen LogP contribution in [0.15, 0.2) is 42.6 Å². The van der Waals surface area contributed by atoms with Gasteiger partial charge in [0.05, 0.1) is 6.61 Å². The number of hydrogen-bond acceptors (Lipinski definition) is 7. The van der Waals surface area contributed by atoms with E-state index in [2.05, 4.69) is 0 Å². The lowest BCUT2D eigenvalue weighted by Crippen LogP contribution is -2.12. The zero-order valence-corrected chi connectivity index (χ0v) is 17.2. The summed E-state index contributed by atoms with van der Waals surface area (Å²) in [5.74, 6) is 2.21. The number of carbonyl (C=O) groups is 1. The first-order valence-corrected chi connectivity index (χ1v) is 10.3. The molecule has 0 saturated carbocycles. The molecule has 1 N–H and O–H groups in total. The number of ether oxygens (including phenoxy) is 5. The second-order valence-corrected chi connectivity index (χ2v) is 7.56. The van der Waals surface area contributed by atoms with Gasteiger partial charge in [0.1, 0.15) is 6.54 Å². The van der Waals surface area contributed by atoms with Crippen molar-refractivity contribution in [3.05, 3.63) is 42.6 Å². The number of benzene rings is 3. The Balaban J connectivity index is 1.66. The van der Waals surface area contributed by atoms with Gasteiger partial charge in [-0.15, -0.1) is 0 Å². The van der Waals surface area contributed by atoms with Gasteiger partial charge in [-0.05, 0) is 42.1 Å². The predicted molar refractivity (Wildman–Crippen MR) is 115 cm³/mol. The summed E-state index contributed by atoms with van der Waals surface area (Å²) in [5.41, 5.74) is 1.71. The van der Waals surface area contributed by atoms with Gasteiger partial charge < -0.3 is 33.4 Å². The first kappa shape index (κ1) is 18.7. The van der Waals surface area contributed by atoms with Gasteiger partial charge in [0.15, 0.2) is 28.9 Å². The Hall–Kier alpha value is -4.07. The monoisotopic (exact) mass is 433 g/mol. The summed E-state index contributed by atoms with van der Waals surface area (Å²) in [5, 5.41) is 14.1. The molecule has 2 aliphatic heterocycles. The molecular formula is C24H19NO7. The number of rotatable bonds is 4. The van der Waals surface area contributed by atoms with E-state index in [4.69, 9.17) is 23.7 Å². The maximum absolute atomic E-state index is 12.1. The molecule has 3 aromatic carbocycles. The van der Waals surface area contributed by atoms with Crippen LogP contribution < -0.4 is 18.9 Å². The van der Waals surface area contributed by atoms with E-state index in [9.17, 15) is 9.90 Å². The lowest BCUT2D eigenvalue weighted by molar-refractivity contribution is -0.143. The minimum atomic E-state index is -0.421. The molecule has 0 saturated heterocycles. The van der Waals surface area contributed by atoms with E-state index in [0.29, 0.717) is 28.4 Å². The number of fused-ring (bicyclic) bond motifs is 5. The quantitative estimate of drug-likeness (QED) is 0.483. The number of esters is 1. The molecule has 2 aliphatic rings. The van der Waals surface area contributed by atoms with Gasteiger partial charge >= 0.3 is 5.97 Å². The van der Waals surface area contributed by atoms with Gasteiger partial charge in [-0.3, -0.25) is 4.79 Å². The summed E-state index contributed by atoms with van der Waals surface area (Å²) in [7, 11) is 0. The predicted octanol–water partition coefficient (Wildman–Crippen LogP) is 4.19. The van der Waals surface area contributed by atoms with Crippen molar-refractivity contribution in [2.45, 2.75) is 13.5 Å². The van der Waals surface area contributed by atoms with Crippen molar-refractivity contribution in [3.63, 3.8) is 0 Å². The lowest BCUT2D eigenvalue weighted by Gasteiger charge is -2.12. The van der Waals surface area contributed by atoms with Crippen molar-refractivity contribution < 1.29 is 33.6 Å². The van der Waals surface area contributed by atoms with Gasteiger partial charge in [0.2, 0.25) is 13.6 Å². The topological polar surface area (TPSA) is 88.4 Å². The SMILES string of the molecule is CCOC(=O)Cn1cc2c(-c3ccc4c(c3)OCO4)c3c4c(ccc3cc2c1O)OCO4. The third-order valence-corrected chi connectivity index (χ3v) is 5.74. The van der Waals surface area contributed by atoms with Gasteiger partial charge in [0, 0.05) is 27.9 Å². The molecule has 0 atom stereocenters. The van der Waals surface area contributed by atoms with Crippen LogP contribution in [0.1, 0.15) is 6.92 Å². The maximum Gasteiger partial charge on any atom is 0.326 e. The van der Waals surface area contributed by atoms with Crippen molar-refractivity contribution in [2.24, 2.45) is 0 Å². The number of hydrogen-bond donors (Lipinski definition) is 1. The second-order valence-electron chi connectivity index (χ2n) is 7.56. The summed E-state index contributed by atoms with van der Waals surface area (Å²) in [6.45, 7) is 2.24. The minimum Gasteiger partial charge on any atom is -0.494 e. The second kappa shape index (κ2) is 6.98. The molecule has 0 amide bonds. The first-order chi connectivity index (χ1) is 15.6. The fraction of sp³-hybridized carbons (Fsp3) is 0.208. The fourth-order valence-electron chi connectivity index (χ4n) is 4.38. The first-order valence-electron chi connectivity index (χ1n) is 10.3. The van der Waals surface area contributed by atoms with Gasteiger partial charge in [-0.1, -0.05) is 12.1 Å². The van der Waals surface area contributed by atoms with Crippen LogP contribution in [0.5, 0.6) is 28.9 Å². The smallest absolute Gasteiger partial charge is 0.326 e. The molecule has 0 fully saturated rings. The number of carbonyl (C=O) groups excluding carboxylic acids is 1. The molecule has 8 nitrogen and oxygen atoms in total. The Morgan fingerprint density at radius 2 is 1.78 bits per heavy atom.